The van der Waals surface area contributed by atoms with Crippen molar-refractivity contribution in [2.24, 2.45) is 0 Å². The molecule has 5 rings (SSSR count). The van der Waals surface area contributed by atoms with Gasteiger partial charge in [-0.1, -0.05) is 71.7 Å². The molecule has 1 aliphatic rings. The van der Waals surface area contributed by atoms with Gasteiger partial charge in [0.1, 0.15) is 5.15 Å². The molecule has 1 aromatic heterocycles. The SMILES string of the molecule is CC(=O)c1cccc(NC(=O)c2cccc(C3O[C@H](Cn4cnc(Cl)c4Cl)C[C@H](c4ccc(CO)cc4)O3)c2)c1. The first-order valence-corrected chi connectivity index (χ1v) is 13.5. The zero-order valence-electron chi connectivity index (χ0n) is 21.6. The molecule has 40 heavy (non-hydrogen) atoms. The number of aromatic nitrogens is 2. The number of aliphatic hydroxyl groups is 1. The Morgan fingerprint density at radius 2 is 1.75 bits per heavy atom. The van der Waals surface area contributed by atoms with E-state index in [0.717, 1.165) is 11.1 Å². The number of aliphatic hydroxyl groups excluding tert-OH is 1. The Balaban J connectivity index is 1.39. The van der Waals surface area contributed by atoms with Crippen LogP contribution in [0.2, 0.25) is 10.3 Å². The van der Waals surface area contributed by atoms with Gasteiger partial charge in [-0.2, -0.15) is 0 Å². The fourth-order valence-electron chi connectivity index (χ4n) is 4.57. The molecule has 1 aliphatic heterocycles. The van der Waals surface area contributed by atoms with E-state index < -0.39 is 6.29 Å². The zero-order valence-corrected chi connectivity index (χ0v) is 23.1. The Morgan fingerprint density at radius 1 is 1.00 bits per heavy atom. The van der Waals surface area contributed by atoms with Crippen LogP contribution in [0, 0.1) is 0 Å². The number of amides is 1. The highest BCUT2D eigenvalue weighted by molar-refractivity contribution is 6.40. The molecular formula is C30H27Cl2N3O5. The summed E-state index contributed by atoms with van der Waals surface area (Å²) in [6.07, 6.45) is 0.702. The number of rotatable bonds is 8. The first-order chi connectivity index (χ1) is 19.3. The smallest absolute Gasteiger partial charge is 0.255 e. The van der Waals surface area contributed by atoms with Crippen LogP contribution in [0.4, 0.5) is 5.69 Å². The second-order valence-electron chi connectivity index (χ2n) is 9.55. The molecule has 4 aromatic rings. The predicted molar refractivity (Wildman–Crippen MR) is 152 cm³/mol. The summed E-state index contributed by atoms with van der Waals surface area (Å²) in [6.45, 7) is 1.83. The maximum Gasteiger partial charge on any atom is 0.255 e. The number of benzene rings is 3. The minimum atomic E-state index is -0.771. The van der Waals surface area contributed by atoms with Crippen LogP contribution >= 0.6 is 23.2 Å². The number of imidazole rings is 1. The molecule has 2 heterocycles. The van der Waals surface area contributed by atoms with E-state index in [1.807, 2.05) is 30.3 Å². The monoisotopic (exact) mass is 579 g/mol. The lowest BCUT2D eigenvalue weighted by atomic mass is 9.99. The first-order valence-electron chi connectivity index (χ1n) is 12.7. The largest absolute Gasteiger partial charge is 0.392 e. The Hall–Kier alpha value is -3.53. The number of halogens is 2. The number of nitrogens with zero attached hydrogens (tertiary/aromatic N) is 2. The topological polar surface area (TPSA) is 103 Å². The van der Waals surface area contributed by atoms with E-state index in [-0.39, 0.29) is 35.7 Å². The number of hydrogen-bond acceptors (Lipinski definition) is 6. The molecule has 1 unspecified atom stereocenters. The molecule has 206 valence electrons. The van der Waals surface area contributed by atoms with Gasteiger partial charge >= 0.3 is 0 Å². The fourth-order valence-corrected chi connectivity index (χ4v) is 4.88. The summed E-state index contributed by atoms with van der Waals surface area (Å²) in [5, 5.41) is 12.8. The van der Waals surface area contributed by atoms with E-state index in [4.69, 9.17) is 32.7 Å². The number of carbonyl (C=O) groups excluding carboxylic acids is 2. The van der Waals surface area contributed by atoms with Crippen molar-refractivity contribution in [1.82, 2.24) is 9.55 Å². The Bertz CT molecular complexity index is 1520. The molecule has 0 spiro atoms. The number of ketones is 1. The molecule has 1 fully saturated rings. The predicted octanol–water partition coefficient (Wildman–Crippen LogP) is 6.38. The molecule has 10 heteroatoms. The number of nitrogens with one attached hydrogen (secondary N) is 1. The van der Waals surface area contributed by atoms with Crippen LogP contribution in [0.3, 0.4) is 0 Å². The average molecular weight is 580 g/mol. The van der Waals surface area contributed by atoms with Gasteiger partial charge in [0.05, 0.1) is 31.7 Å². The Morgan fingerprint density at radius 3 is 2.45 bits per heavy atom. The van der Waals surface area contributed by atoms with Crippen molar-refractivity contribution >= 4 is 40.6 Å². The summed E-state index contributed by atoms with van der Waals surface area (Å²) in [4.78, 5) is 28.9. The Kier molecular flexibility index (Phi) is 8.63. The zero-order chi connectivity index (χ0) is 28.2. The lowest BCUT2D eigenvalue weighted by molar-refractivity contribution is -0.252. The molecule has 1 saturated heterocycles. The number of Topliss-reactive ketones (excluding diaryl/α,β-unsaturated/α-hetero) is 1. The lowest BCUT2D eigenvalue weighted by Gasteiger charge is -2.36. The summed E-state index contributed by atoms with van der Waals surface area (Å²) >= 11 is 12.4. The average Bonchev–Trinajstić information content (AvgIpc) is 3.29. The van der Waals surface area contributed by atoms with Crippen LogP contribution in [0.1, 0.15) is 63.1 Å². The molecule has 3 atom stereocenters. The third-order valence-corrected chi connectivity index (χ3v) is 7.47. The van der Waals surface area contributed by atoms with Crippen molar-refractivity contribution in [3.8, 4) is 0 Å². The van der Waals surface area contributed by atoms with Crippen molar-refractivity contribution < 1.29 is 24.2 Å². The van der Waals surface area contributed by atoms with E-state index in [9.17, 15) is 14.7 Å². The van der Waals surface area contributed by atoms with Gasteiger partial charge in [0, 0.05) is 28.8 Å². The summed E-state index contributed by atoms with van der Waals surface area (Å²) in [6, 6.07) is 21.4. The summed E-state index contributed by atoms with van der Waals surface area (Å²) in [7, 11) is 0. The Labute approximate surface area is 241 Å². The lowest BCUT2D eigenvalue weighted by Crippen LogP contribution is -2.32. The molecule has 1 amide bonds. The number of carbonyl (C=O) groups is 2. The van der Waals surface area contributed by atoms with E-state index >= 15 is 0 Å². The minimum Gasteiger partial charge on any atom is -0.392 e. The van der Waals surface area contributed by atoms with Crippen LogP contribution in [-0.2, 0) is 22.6 Å². The van der Waals surface area contributed by atoms with Gasteiger partial charge in [0.15, 0.2) is 17.2 Å². The number of anilines is 1. The van der Waals surface area contributed by atoms with Gasteiger partial charge in [-0.25, -0.2) is 4.98 Å². The van der Waals surface area contributed by atoms with Gasteiger partial charge in [-0.15, -0.1) is 0 Å². The van der Waals surface area contributed by atoms with Crippen LogP contribution in [0.25, 0.3) is 0 Å². The highest BCUT2D eigenvalue weighted by atomic mass is 35.5. The van der Waals surface area contributed by atoms with E-state index in [1.165, 1.54) is 6.92 Å². The summed E-state index contributed by atoms with van der Waals surface area (Å²) in [5.41, 5.74) is 3.85. The minimum absolute atomic E-state index is 0.0477. The van der Waals surface area contributed by atoms with E-state index in [2.05, 4.69) is 10.3 Å². The van der Waals surface area contributed by atoms with Crippen LogP contribution in [0.5, 0.6) is 0 Å². The van der Waals surface area contributed by atoms with Gasteiger partial charge in [-0.05, 0) is 42.3 Å². The second-order valence-corrected chi connectivity index (χ2v) is 10.3. The number of ether oxygens (including phenoxy) is 2. The normalized spacial score (nSPS) is 18.9. The van der Waals surface area contributed by atoms with Crippen molar-refractivity contribution in [1.29, 1.82) is 0 Å². The second kappa shape index (κ2) is 12.3. The van der Waals surface area contributed by atoms with Crippen molar-refractivity contribution in [3.05, 3.63) is 117 Å². The molecular weight excluding hydrogens is 553 g/mol. The molecule has 3 aromatic carbocycles. The quantitative estimate of drug-likeness (QED) is 0.235. The van der Waals surface area contributed by atoms with Gasteiger partial charge < -0.3 is 24.5 Å². The highest BCUT2D eigenvalue weighted by Crippen LogP contribution is 2.39. The molecule has 0 radical (unpaired) electrons. The molecule has 8 nitrogen and oxygen atoms in total. The van der Waals surface area contributed by atoms with Gasteiger partial charge in [0.25, 0.3) is 5.91 Å². The molecule has 2 N–H and O–H groups in total. The maximum atomic E-state index is 13.1. The molecule has 0 saturated carbocycles. The third kappa shape index (κ3) is 6.43. The maximum absolute atomic E-state index is 13.1. The first kappa shape index (κ1) is 28.0. The van der Waals surface area contributed by atoms with Crippen LogP contribution in [0.15, 0.2) is 79.1 Å². The third-order valence-electron chi connectivity index (χ3n) is 6.70. The van der Waals surface area contributed by atoms with Crippen molar-refractivity contribution in [2.75, 3.05) is 5.32 Å². The summed E-state index contributed by atoms with van der Waals surface area (Å²) in [5.74, 6) is -0.412. The van der Waals surface area contributed by atoms with Crippen molar-refractivity contribution in [2.45, 2.75) is 45.0 Å². The number of hydrogen-bond donors (Lipinski definition) is 2. The van der Waals surface area contributed by atoms with Crippen molar-refractivity contribution in [3.63, 3.8) is 0 Å². The summed E-state index contributed by atoms with van der Waals surface area (Å²) < 4.78 is 14.5. The van der Waals surface area contributed by atoms with Gasteiger partial charge in [-0.3, -0.25) is 9.59 Å². The van der Waals surface area contributed by atoms with E-state index in [1.54, 1.807) is 53.4 Å². The van der Waals surface area contributed by atoms with Gasteiger partial charge in [0.2, 0.25) is 0 Å². The fraction of sp³-hybridized carbons (Fsp3) is 0.233. The standard InChI is InChI=1S/C30H27Cl2N3O5/c1-18(37)21-4-3-7-24(13-21)34-29(38)22-5-2-6-23(12-22)30-39-25(15-35-17-33-27(31)28(35)32)14-26(40-30)20-10-8-19(16-36)9-11-20/h2-13,17,25-26,30,36H,14-16H2,1H3,(H,34,38)/t25-,26+,30?/m0/s1. The molecule has 0 aliphatic carbocycles. The van der Waals surface area contributed by atoms with Crippen LogP contribution in [-0.4, -0.2) is 32.5 Å². The molecule has 0 bridgehead atoms. The van der Waals surface area contributed by atoms with E-state index in [0.29, 0.717) is 40.5 Å². The highest BCUT2D eigenvalue weighted by Gasteiger charge is 2.33. The van der Waals surface area contributed by atoms with Crippen LogP contribution < -0.4 is 5.32 Å².